The molecule has 24 heavy (non-hydrogen) atoms. The predicted octanol–water partition coefficient (Wildman–Crippen LogP) is 2.72. The summed E-state index contributed by atoms with van der Waals surface area (Å²) in [6.45, 7) is 2.81. The molecule has 5 nitrogen and oxygen atoms in total. The van der Waals surface area contributed by atoms with Gasteiger partial charge in [0.25, 0.3) is 0 Å². The van der Waals surface area contributed by atoms with Gasteiger partial charge in [-0.1, -0.05) is 17.7 Å². The number of rotatable bonds is 4. The Balaban J connectivity index is 1.59. The Hall–Kier alpha value is -1.88. The zero-order valence-corrected chi connectivity index (χ0v) is 14.2. The topological polar surface area (TPSA) is 69.6 Å². The molecule has 0 radical (unpaired) electrons. The minimum absolute atomic E-state index is 0.144. The predicted molar refractivity (Wildman–Crippen MR) is 93.1 cm³/mol. The van der Waals surface area contributed by atoms with Crippen molar-refractivity contribution in [2.45, 2.75) is 57.5 Å². The summed E-state index contributed by atoms with van der Waals surface area (Å²) < 4.78 is 0. The van der Waals surface area contributed by atoms with Crippen molar-refractivity contribution in [2.75, 3.05) is 11.4 Å². The summed E-state index contributed by atoms with van der Waals surface area (Å²) in [6, 6.07) is 8.19. The Morgan fingerprint density at radius 3 is 2.42 bits per heavy atom. The van der Waals surface area contributed by atoms with Crippen molar-refractivity contribution in [1.29, 1.82) is 0 Å². The van der Waals surface area contributed by atoms with Gasteiger partial charge in [-0.25, -0.2) is 0 Å². The van der Waals surface area contributed by atoms with Gasteiger partial charge in [-0.05, 0) is 57.6 Å². The van der Waals surface area contributed by atoms with Crippen molar-refractivity contribution in [3.8, 4) is 0 Å². The van der Waals surface area contributed by atoms with E-state index < -0.39 is 5.97 Å². The van der Waals surface area contributed by atoms with Gasteiger partial charge in [-0.2, -0.15) is 0 Å². The number of amides is 1. The molecular weight excluding hydrogens is 304 g/mol. The van der Waals surface area contributed by atoms with E-state index in [1.54, 1.807) is 0 Å². The third kappa shape index (κ3) is 3.78. The maximum absolute atomic E-state index is 12.8. The highest BCUT2D eigenvalue weighted by Crippen LogP contribution is 2.27. The summed E-state index contributed by atoms with van der Waals surface area (Å²) in [5.41, 5.74) is 2.15. The van der Waals surface area contributed by atoms with Crippen LogP contribution in [0.5, 0.6) is 0 Å². The van der Waals surface area contributed by atoms with Crippen molar-refractivity contribution in [1.82, 2.24) is 5.32 Å². The Labute approximate surface area is 143 Å². The van der Waals surface area contributed by atoms with Gasteiger partial charge in [0.1, 0.15) is 0 Å². The second kappa shape index (κ2) is 7.34. The lowest BCUT2D eigenvalue weighted by atomic mass is 9.85. The number of aliphatic carboxylic acids is 1. The number of hydrogen-bond acceptors (Lipinski definition) is 3. The monoisotopic (exact) mass is 330 g/mol. The number of benzene rings is 1. The molecule has 1 atom stereocenters. The van der Waals surface area contributed by atoms with Crippen LogP contribution in [0.1, 0.15) is 44.1 Å². The van der Waals surface area contributed by atoms with Gasteiger partial charge in [-0.3, -0.25) is 9.59 Å². The highest BCUT2D eigenvalue weighted by atomic mass is 16.4. The van der Waals surface area contributed by atoms with Crippen molar-refractivity contribution in [3.63, 3.8) is 0 Å². The lowest BCUT2D eigenvalue weighted by Gasteiger charge is -2.36. The van der Waals surface area contributed by atoms with Gasteiger partial charge < -0.3 is 15.3 Å². The quantitative estimate of drug-likeness (QED) is 0.890. The standard InChI is InChI=1S/C19H26N2O3/c1-13-4-10-16(11-5-13)21-12-2-3-17(18(21)22)20-15-8-6-14(7-9-15)19(23)24/h4-5,10-11,14-15,17,20H,2-3,6-9,12H2,1H3,(H,23,24). The summed E-state index contributed by atoms with van der Waals surface area (Å²) >= 11 is 0. The summed E-state index contributed by atoms with van der Waals surface area (Å²) in [7, 11) is 0. The molecule has 3 rings (SSSR count). The molecule has 2 fully saturated rings. The summed E-state index contributed by atoms with van der Waals surface area (Å²) in [5, 5.41) is 12.6. The molecule has 1 aliphatic heterocycles. The first-order chi connectivity index (χ1) is 11.5. The number of aryl methyl sites for hydroxylation is 1. The molecule has 130 valence electrons. The van der Waals surface area contributed by atoms with Crippen LogP contribution in [0.4, 0.5) is 5.69 Å². The molecule has 1 amide bonds. The van der Waals surface area contributed by atoms with Gasteiger partial charge in [0.05, 0.1) is 12.0 Å². The molecule has 1 unspecified atom stereocenters. The Bertz CT molecular complexity index is 591. The molecule has 1 aliphatic carbocycles. The number of carboxylic acids is 1. The van der Waals surface area contributed by atoms with Crippen molar-refractivity contribution in [3.05, 3.63) is 29.8 Å². The number of piperidine rings is 1. The van der Waals surface area contributed by atoms with Crippen molar-refractivity contribution in [2.24, 2.45) is 5.92 Å². The minimum atomic E-state index is -0.687. The SMILES string of the molecule is Cc1ccc(N2CCCC(NC3CCC(C(=O)O)CC3)C2=O)cc1. The largest absolute Gasteiger partial charge is 0.481 e. The first-order valence-corrected chi connectivity index (χ1v) is 8.91. The van der Waals surface area contributed by atoms with Crippen molar-refractivity contribution >= 4 is 17.6 Å². The van der Waals surface area contributed by atoms with Crippen LogP contribution in [0, 0.1) is 12.8 Å². The normalized spacial score (nSPS) is 28.0. The van der Waals surface area contributed by atoms with E-state index in [4.69, 9.17) is 5.11 Å². The van der Waals surface area contributed by atoms with Crippen LogP contribution in [0.3, 0.4) is 0 Å². The molecule has 0 spiro atoms. The third-order valence-corrected chi connectivity index (χ3v) is 5.30. The number of nitrogens with zero attached hydrogens (tertiary/aromatic N) is 1. The lowest BCUT2D eigenvalue weighted by Crippen LogP contribution is -2.54. The van der Waals surface area contributed by atoms with Crippen LogP contribution in [0.15, 0.2) is 24.3 Å². The van der Waals surface area contributed by atoms with Crippen LogP contribution in [-0.4, -0.2) is 35.6 Å². The second-order valence-corrected chi connectivity index (χ2v) is 7.07. The lowest BCUT2D eigenvalue weighted by molar-refractivity contribution is -0.143. The van der Waals surface area contributed by atoms with E-state index >= 15 is 0 Å². The summed E-state index contributed by atoms with van der Waals surface area (Å²) in [4.78, 5) is 25.8. The van der Waals surface area contributed by atoms with Crippen LogP contribution < -0.4 is 10.2 Å². The average molecular weight is 330 g/mol. The number of carbonyl (C=O) groups excluding carboxylic acids is 1. The smallest absolute Gasteiger partial charge is 0.306 e. The van der Waals surface area contributed by atoms with Crippen LogP contribution in [-0.2, 0) is 9.59 Å². The first kappa shape index (κ1) is 17.0. The van der Waals surface area contributed by atoms with Crippen LogP contribution in [0.25, 0.3) is 0 Å². The number of anilines is 1. The van der Waals surface area contributed by atoms with Gasteiger partial charge in [0.15, 0.2) is 0 Å². The highest BCUT2D eigenvalue weighted by molar-refractivity contribution is 5.97. The Kier molecular flexibility index (Phi) is 5.19. The third-order valence-electron chi connectivity index (χ3n) is 5.30. The number of carboxylic acid groups (broad SMARTS) is 1. The zero-order chi connectivity index (χ0) is 17.1. The molecule has 1 heterocycles. The molecular formula is C19H26N2O3. The number of hydrogen-bond donors (Lipinski definition) is 2. The molecule has 1 saturated heterocycles. The Morgan fingerprint density at radius 1 is 1.12 bits per heavy atom. The van der Waals surface area contributed by atoms with E-state index in [0.29, 0.717) is 12.8 Å². The number of nitrogens with one attached hydrogen (secondary N) is 1. The molecule has 1 saturated carbocycles. The second-order valence-electron chi connectivity index (χ2n) is 7.07. The van der Waals surface area contributed by atoms with E-state index in [-0.39, 0.29) is 23.9 Å². The van der Waals surface area contributed by atoms with Crippen LogP contribution in [0.2, 0.25) is 0 Å². The Morgan fingerprint density at radius 2 is 1.79 bits per heavy atom. The van der Waals surface area contributed by atoms with E-state index in [0.717, 1.165) is 37.9 Å². The van der Waals surface area contributed by atoms with E-state index in [9.17, 15) is 9.59 Å². The zero-order valence-electron chi connectivity index (χ0n) is 14.2. The molecule has 0 aromatic heterocycles. The molecule has 5 heteroatoms. The first-order valence-electron chi connectivity index (χ1n) is 8.91. The average Bonchev–Trinajstić information content (AvgIpc) is 2.58. The van der Waals surface area contributed by atoms with E-state index in [2.05, 4.69) is 5.32 Å². The highest BCUT2D eigenvalue weighted by Gasteiger charge is 2.33. The molecule has 2 N–H and O–H groups in total. The molecule has 1 aromatic rings. The number of carbonyl (C=O) groups is 2. The van der Waals surface area contributed by atoms with Crippen LogP contribution >= 0.6 is 0 Å². The fourth-order valence-corrected chi connectivity index (χ4v) is 3.80. The van der Waals surface area contributed by atoms with Crippen molar-refractivity contribution < 1.29 is 14.7 Å². The summed E-state index contributed by atoms with van der Waals surface area (Å²) in [6.07, 6.45) is 4.93. The maximum atomic E-state index is 12.8. The molecule has 1 aromatic carbocycles. The van der Waals surface area contributed by atoms with Gasteiger partial charge in [0, 0.05) is 18.3 Å². The van der Waals surface area contributed by atoms with E-state index in [1.165, 1.54) is 5.56 Å². The fraction of sp³-hybridized carbons (Fsp3) is 0.579. The van der Waals surface area contributed by atoms with Gasteiger partial charge in [0.2, 0.25) is 5.91 Å². The maximum Gasteiger partial charge on any atom is 0.306 e. The molecule has 0 bridgehead atoms. The van der Waals surface area contributed by atoms with E-state index in [1.807, 2.05) is 36.1 Å². The van der Waals surface area contributed by atoms with Gasteiger partial charge >= 0.3 is 5.97 Å². The minimum Gasteiger partial charge on any atom is -0.481 e. The van der Waals surface area contributed by atoms with Gasteiger partial charge in [-0.15, -0.1) is 0 Å². The molecule has 2 aliphatic rings. The fourth-order valence-electron chi connectivity index (χ4n) is 3.80. The summed E-state index contributed by atoms with van der Waals surface area (Å²) in [5.74, 6) is -0.757.